The summed E-state index contributed by atoms with van der Waals surface area (Å²) in [5, 5.41) is 8.71. The van der Waals surface area contributed by atoms with E-state index in [1.54, 1.807) is 13.4 Å². The van der Waals surface area contributed by atoms with Gasteiger partial charge in [-0.25, -0.2) is 4.68 Å². The van der Waals surface area contributed by atoms with Gasteiger partial charge in [-0.15, -0.1) is 0 Å². The van der Waals surface area contributed by atoms with E-state index in [9.17, 15) is 0 Å². The van der Waals surface area contributed by atoms with Crippen LogP contribution in [0.25, 0.3) is 5.70 Å². The predicted molar refractivity (Wildman–Crippen MR) is 128 cm³/mol. The van der Waals surface area contributed by atoms with Gasteiger partial charge in [0.25, 0.3) is 0 Å². The summed E-state index contributed by atoms with van der Waals surface area (Å²) < 4.78 is 13.9. The highest BCUT2D eigenvalue weighted by molar-refractivity contribution is 6.30. The van der Waals surface area contributed by atoms with Gasteiger partial charge in [0.2, 0.25) is 5.95 Å². The predicted octanol–water partition coefficient (Wildman–Crippen LogP) is 5.81. The third-order valence-corrected chi connectivity index (χ3v) is 6.42. The van der Waals surface area contributed by atoms with E-state index in [1.165, 1.54) is 5.56 Å². The van der Waals surface area contributed by atoms with Crippen LogP contribution in [-0.4, -0.2) is 21.9 Å². The van der Waals surface area contributed by atoms with Crippen LogP contribution in [0.1, 0.15) is 34.4 Å². The van der Waals surface area contributed by atoms with Crippen molar-refractivity contribution in [3.8, 4) is 11.5 Å². The molecule has 2 atom stereocenters. The van der Waals surface area contributed by atoms with Crippen molar-refractivity contribution in [2.75, 3.05) is 12.4 Å². The Hall–Kier alpha value is -3.77. The van der Waals surface area contributed by atoms with Crippen molar-refractivity contribution >= 4 is 23.2 Å². The fraction of sp³-hybridized carbons (Fsp3) is 0.154. The first-order chi connectivity index (χ1) is 16.1. The first-order valence-corrected chi connectivity index (χ1v) is 11.1. The molecule has 0 spiro atoms. The molecule has 2 aliphatic rings. The van der Waals surface area contributed by atoms with Gasteiger partial charge in [0, 0.05) is 16.2 Å². The maximum atomic E-state index is 6.63. The number of ether oxygens (including phenoxy) is 2. The second kappa shape index (κ2) is 7.67. The smallest absolute Gasteiger partial charge is 0.226 e. The highest BCUT2D eigenvalue weighted by Gasteiger charge is 2.41. The fourth-order valence-electron chi connectivity index (χ4n) is 4.56. The van der Waals surface area contributed by atoms with Gasteiger partial charge in [-0.2, -0.15) is 10.1 Å². The quantitative estimate of drug-likeness (QED) is 0.421. The van der Waals surface area contributed by atoms with Crippen molar-refractivity contribution in [3.63, 3.8) is 0 Å². The van der Waals surface area contributed by atoms with Gasteiger partial charge in [-0.3, -0.25) is 0 Å². The third-order valence-electron chi connectivity index (χ3n) is 6.19. The van der Waals surface area contributed by atoms with Crippen molar-refractivity contribution in [2.24, 2.45) is 0 Å². The molecule has 0 amide bonds. The van der Waals surface area contributed by atoms with Gasteiger partial charge in [0.15, 0.2) is 0 Å². The number of aryl methyl sites for hydroxylation is 1. The maximum absolute atomic E-state index is 6.63. The van der Waals surface area contributed by atoms with Gasteiger partial charge >= 0.3 is 0 Å². The molecule has 3 heterocycles. The molecule has 7 heteroatoms. The van der Waals surface area contributed by atoms with Gasteiger partial charge in [-0.05, 0) is 48.4 Å². The van der Waals surface area contributed by atoms with Crippen molar-refractivity contribution < 1.29 is 9.47 Å². The minimum absolute atomic E-state index is 0.219. The number of hydrogen-bond donors (Lipinski definition) is 1. The number of rotatable bonds is 3. The Morgan fingerprint density at radius 1 is 1.00 bits per heavy atom. The Kier molecular flexibility index (Phi) is 4.62. The summed E-state index contributed by atoms with van der Waals surface area (Å²) in [6, 6.07) is 22.0. The minimum Gasteiger partial charge on any atom is -0.497 e. The topological polar surface area (TPSA) is 61.2 Å². The molecule has 1 N–H and O–H groups in total. The molecule has 0 bridgehead atoms. The first-order valence-electron chi connectivity index (χ1n) is 10.7. The molecule has 0 radical (unpaired) electrons. The van der Waals surface area contributed by atoms with Crippen LogP contribution < -0.4 is 14.8 Å². The van der Waals surface area contributed by atoms with Gasteiger partial charge in [0.05, 0.1) is 12.8 Å². The molecule has 2 aliphatic heterocycles. The summed E-state index contributed by atoms with van der Waals surface area (Å²) in [4.78, 5) is 4.47. The molecule has 0 unspecified atom stereocenters. The number of benzene rings is 3. The summed E-state index contributed by atoms with van der Waals surface area (Å²) >= 11 is 6.39. The summed E-state index contributed by atoms with van der Waals surface area (Å²) in [7, 11) is 1.67. The average Bonchev–Trinajstić information content (AvgIpc) is 3.31. The van der Waals surface area contributed by atoms with Crippen molar-refractivity contribution in [2.45, 2.75) is 19.1 Å². The number of halogens is 1. The zero-order valence-electron chi connectivity index (χ0n) is 18.1. The molecule has 164 valence electrons. The van der Waals surface area contributed by atoms with Crippen LogP contribution in [0, 0.1) is 6.92 Å². The summed E-state index contributed by atoms with van der Waals surface area (Å²) in [6.45, 7) is 2.08. The molecule has 0 aliphatic carbocycles. The van der Waals surface area contributed by atoms with E-state index < -0.39 is 0 Å². The summed E-state index contributed by atoms with van der Waals surface area (Å²) in [5.41, 5.74) is 6.24. The number of methoxy groups -OCH3 is 1. The van der Waals surface area contributed by atoms with E-state index in [1.807, 2.05) is 35.0 Å². The van der Waals surface area contributed by atoms with E-state index in [2.05, 4.69) is 58.7 Å². The Bertz CT molecular complexity index is 1380. The highest BCUT2D eigenvalue weighted by atomic mass is 35.5. The van der Waals surface area contributed by atoms with E-state index in [-0.39, 0.29) is 12.1 Å². The lowest BCUT2D eigenvalue weighted by Crippen LogP contribution is -2.32. The lowest BCUT2D eigenvalue weighted by Gasteiger charge is -2.39. The standard InChI is InChI=1S/C26H21ClN4O2/c1-15-3-5-17(6-4-15)25-22-23(20-13-18(27)9-12-21(20)33-25)30-26-28-14-29-31(26)24(22)16-7-10-19(32-2)11-8-16/h3-14,24-25H,1-2H3,(H,28,29,30)/t24-,25-/m1/s1. The lowest BCUT2D eigenvalue weighted by atomic mass is 9.84. The number of nitrogens with zero attached hydrogens (tertiary/aromatic N) is 3. The van der Waals surface area contributed by atoms with E-state index in [0.717, 1.165) is 39.5 Å². The summed E-state index contributed by atoms with van der Waals surface area (Å²) in [5.74, 6) is 2.25. The zero-order chi connectivity index (χ0) is 22.5. The van der Waals surface area contributed by atoms with Crippen LogP contribution in [0.15, 0.2) is 78.6 Å². The Morgan fingerprint density at radius 3 is 2.52 bits per heavy atom. The molecule has 33 heavy (non-hydrogen) atoms. The Morgan fingerprint density at radius 2 is 1.76 bits per heavy atom. The third kappa shape index (κ3) is 3.26. The van der Waals surface area contributed by atoms with Crippen LogP contribution in [0.5, 0.6) is 11.5 Å². The van der Waals surface area contributed by atoms with Crippen molar-refractivity contribution in [1.82, 2.24) is 14.8 Å². The minimum atomic E-state index is -0.314. The maximum Gasteiger partial charge on any atom is 0.226 e. The Labute approximate surface area is 196 Å². The largest absolute Gasteiger partial charge is 0.497 e. The molecule has 0 fully saturated rings. The molecule has 1 aromatic heterocycles. The van der Waals surface area contributed by atoms with Crippen LogP contribution in [0.3, 0.4) is 0 Å². The monoisotopic (exact) mass is 456 g/mol. The SMILES string of the molecule is COc1ccc([C@@H]2C3=C(Nc4ncnn42)c2cc(Cl)ccc2O[C@@H]3c2ccc(C)cc2)cc1. The van der Waals surface area contributed by atoms with Crippen molar-refractivity contribution in [3.05, 3.63) is 106 Å². The van der Waals surface area contributed by atoms with Crippen molar-refractivity contribution in [1.29, 1.82) is 0 Å². The normalized spacial score (nSPS) is 18.5. The van der Waals surface area contributed by atoms with Crippen LogP contribution >= 0.6 is 11.6 Å². The van der Waals surface area contributed by atoms with Gasteiger partial charge < -0.3 is 14.8 Å². The average molecular weight is 457 g/mol. The molecule has 3 aromatic carbocycles. The number of aromatic nitrogens is 3. The van der Waals surface area contributed by atoms with Crippen LogP contribution in [0.4, 0.5) is 5.95 Å². The van der Waals surface area contributed by atoms with E-state index in [0.29, 0.717) is 11.0 Å². The molecule has 0 saturated heterocycles. The Balaban J connectivity index is 1.61. The van der Waals surface area contributed by atoms with Crippen LogP contribution in [-0.2, 0) is 0 Å². The number of hydrogen-bond acceptors (Lipinski definition) is 5. The molecular formula is C26H21ClN4O2. The lowest BCUT2D eigenvalue weighted by molar-refractivity contribution is 0.223. The number of fused-ring (bicyclic) bond motifs is 3. The number of nitrogens with one attached hydrogen (secondary N) is 1. The van der Waals surface area contributed by atoms with Crippen LogP contribution in [0.2, 0.25) is 5.02 Å². The molecule has 6 nitrogen and oxygen atoms in total. The first kappa shape index (κ1) is 19.9. The molecule has 4 aromatic rings. The van der Waals surface area contributed by atoms with E-state index in [4.69, 9.17) is 21.1 Å². The molecular weight excluding hydrogens is 436 g/mol. The second-order valence-corrected chi connectivity index (χ2v) is 8.64. The fourth-order valence-corrected chi connectivity index (χ4v) is 4.74. The zero-order valence-corrected chi connectivity index (χ0v) is 18.9. The summed E-state index contributed by atoms with van der Waals surface area (Å²) in [6.07, 6.45) is 1.25. The van der Waals surface area contributed by atoms with Gasteiger partial charge in [-0.1, -0.05) is 53.6 Å². The molecule has 6 rings (SSSR count). The second-order valence-electron chi connectivity index (χ2n) is 8.21. The number of anilines is 1. The van der Waals surface area contributed by atoms with E-state index >= 15 is 0 Å². The van der Waals surface area contributed by atoms with Gasteiger partial charge in [0.1, 0.15) is 30.0 Å². The molecule has 0 saturated carbocycles. The highest BCUT2D eigenvalue weighted by Crippen LogP contribution is 2.51.